The lowest BCUT2D eigenvalue weighted by molar-refractivity contribution is -0.384. The van der Waals surface area contributed by atoms with Crippen molar-refractivity contribution in [1.29, 1.82) is 0 Å². The highest BCUT2D eigenvalue weighted by atomic mass is 32.1. The van der Waals surface area contributed by atoms with Gasteiger partial charge in [-0.15, -0.1) is 11.3 Å². The first kappa shape index (κ1) is 23.8. The van der Waals surface area contributed by atoms with Crippen LogP contribution in [0.25, 0.3) is 23.1 Å². The zero-order valence-electron chi connectivity index (χ0n) is 20.8. The SMILES string of the molecule is Cc1ccc(-c2ccc(/C=c3/sc4n(c3=O)[C@H](c3cccs3)C3=C(N=4)c4ccccc4CC3)o2)c([N+](=O)[O-])c1. The van der Waals surface area contributed by atoms with E-state index in [2.05, 4.69) is 24.3 Å². The van der Waals surface area contributed by atoms with Crippen LogP contribution in [0.1, 0.15) is 39.8 Å². The second-order valence-corrected chi connectivity index (χ2v) is 11.6. The van der Waals surface area contributed by atoms with E-state index in [-0.39, 0.29) is 17.3 Å². The fourth-order valence-electron chi connectivity index (χ4n) is 5.42. The van der Waals surface area contributed by atoms with E-state index in [1.165, 1.54) is 28.5 Å². The van der Waals surface area contributed by atoms with Crippen molar-refractivity contribution in [2.75, 3.05) is 0 Å². The van der Waals surface area contributed by atoms with Gasteiger partial charge in [0.05, 0.1) is 26.8 Å². The van der Waals surface area contributed by atoms with Crippen molar-refractivity contribution < 1.29 is 9.34 Å². The molecule has 2 aliphatic rings. The Bertz CT molecular complexity index is 1990. The predicted octanol–water partition coefficient (Wildman–Crippen LogP) is 5.86. The van der Waals surface area contributed by atoms with Crippen molar-refractivity contribution in [2.24, 2.45) is 4.99 Å². The van der Waals surface area contributed by atoms with Gasteiger partial charge >= 0.3 is 0 Å². The Labute approximate surface area is 230 Å². The minimum Gasteiger partial charge on any atom is -0.456 e. The lowest BCUT2D eigenvalue weighted by atomic mass is 9.85. The second kappa shape index (κ2) is 9.14. The average Bonchev–Trinajstić information content (AvgIpc) is 3.69. The standard InChI is InChI=1S/C30H21N3O4S2/c1-17-8-11-21(23(15-17)33(35)36)24-13-10-19(37-24)16-26-29(34)32-28(25-7-4-14-38-25)22-12-9-18-5-2-3-6-20(18)27(22)31-30(32)39-26/h2-8,10-11,13-16,28H,9,12H2,1H3/b26-16+/t28-/m0/s1. The van der Waals surface area contributed by atoms with Crippen LogP contribution in [-0.2, 0) is 6.42 Å². The lowest BCUT2D eigenvalue weighted by Crippen LogP contribution is -2.38. The number of thiophene rings is 1. The number of hydrogen-bond donors (Lipinski definition) is 0. The van der Waals surface area contributed by atoms with Gasteiger partial charge in [0.15, 0.2) is 4.80 Å². The van der Waals surface area contributed by atoms with Crippen LogP contribution < -0.4 is 14.9 Å². The molecule has 5 aromatic rings. The summed E-state index contributed by atoms with van der Waals surface area (Å²) in [5.41, 5.74) is 5.60. The number of benzene rings is 2. The van der Waals surface area contributed by atoms with Gasteiger partial charge in [-0.1, -0.05) is 47.7 Å². The van der Waals surface area contributed by atoms with Crippen LogP contribution in [0.2, 0.25) is 0 Å². The summed E-state index contributed by atoms with van der Waals surface area (Å²) < 4.78 is 8.30. The highest BCUT2D eigenvalue weighted by Gasteiger charge is 2.33. The predicted molar refractivity (Wildman–Crippen MR) is 153 cm³/mol. The Hall–Kier alpha value is -4.34. The van der Waals surface area contributed by atoms with Crippen LogP contribution in [0, 0.1) is 17.0 Å². The highest BCUT2D eigenvalue weighted by molar-refractivity contribution is 7.10. The fourth-order valence-corrected chi connectivity index (χ4v) is 7.25. The van der Waals surface area contributed by atoms with Crippen molar-refractivity contribution >= 4 is 40.1 Å². The van der Waals surface area contributed by atoms with Crippen molar-refractivity contribution in [1.82, 2.24) is 4.57 Å². The molecule has 7 nitrogen and oxygen atoms in total. The number of nitro groups is 1. The molecule has 0 amide bonds. The third kappa shape index (κ3) is 3.93. The summed E-state index contributed by atoms with van der Waals surface area (Å²) in [5.74, 6) is 0.830. The summed E-state index contributed by atoms with van der Waals surface area (Å²) >= 11 is 2.98. The Balaban J connectivity index is 1.37. The molecular formula is C30H21N3O4S2. The zero-order chi connectivity index (χ0) is 26.7. The third-order valence-corrected chi connectivity index (χ3v) is 9.11. The number of nitro benzene ring substituents is 1. The maximum atomic E-state index is 13.8. The van der Waals surface area contributed by atoms with Gasteiger partial charge in [-0.05, 0) is 66.1 Å². The molecule has 0 spiro atoms. The number of rotatable bonds is 4. The smallest absolute Gasteiger partial charge is 0.280 e. The topological polar surface area (TPSA) is 90.6 Å². The zero-order valence-corrected chi connectivity index (χ0v) is 22.4. The van der Waals surface area contributed by atoms with Gasteiger partial charge in [-0.2, -0.15) is 0 Å². The molecule has 1 aliphatic carbocycles. The first-order valence-electron chi connectivity index (χ1n) is 12.5. The van der Waals surface area contributed by atoms with Crippen LogP contribution >= 0.6 is 22.7 Å². The van der Waals surface area contributed by atoms with Crippen LogP contribution in [0.3, 0.4) is 0 Å². The molecule has 9 heteroatoms. The molecule has 0 N–H and O–H groups in total. The first-order valence-corrected chi connectivity index (χ1v) is 14.2. The molecule has 39 heavy (non-hydrogen) atoms. The normalized spacial score (nSPS) is 16.4. The summed E-state index contributed by atoms with van der Waals surface area (Å²) in [6, 6.07) is 20.7. The molecule has 0 radical (unpaired) electrons. The molecule has 4 heterocycles. The Morgan fingerprint density at radius 2 is 1.95 bits per heavy atom. The molecule has 0 unspecified atom stereocenters. The maximum absolute atomic E-state index is 13.8. The number of aryl methyl sites for hydroxylation is 2. The van der Waals surface area contributed by atoms with E-state index in [1.54, 1.807) is 35.6 Å². The van der Waals surface area contributed by atoms with Crippen LogP contribution in [0.5, 0.6) is 0 Å². The van der Waals surface area contributed by atoms with Crippen molar-refractivity contribution in [3.8, 4) is 11.3 Å². The third-order valence-electron chi connectivity index (χ3n) is 7.20. The summed E-state index contributed by atoms with van der Waals surface area (Å²) in [4.78, 5) is 31.8. The molecular weight excluding hydrogens is 530 g/mol. The lowest BCUT2D eigenvalue weighted by Gasteiger charge is -2.30. The minimum absolute atomic E-state index is 0.0166. The van der Waals surface area contributed by atoms with Crippen LogP contribution in [0.4, 0.5) is 5.69 Å². The molecule has 0 fully saturated rings. The van der Waals surface area contributed by atoms with Crippen LogP contribution in [-0.4, -0.2) is 9.49 Å². The molecule has 2 aromatic carbocycles. The van der Waals surface area contributed by atoms with E-state index in [4.69, 9.17) is 9.41 Å². The Morgan fingerprint density at radius 3 is 2.77 bits per heavy atom. The van der Waals surface area contributed by atoms with Crippen molar-refractivity contribution in [3.05, 3.63) is 135 Å². The molecule has 1 aliphatic heterocycles. The molecule has 1 atom stereocenters. The van der Waals surface area contributed by atoms with Gasteiger partial charge < -0.3 is 4.42 Å². The fraction of sp³-hybridized carbons (Fsp3) is 0.133. The summed E-state index contributed by atoms with van der Waals surface area (Å²) in [7, 11) is 0. The molecule has 7 rings (SSSR count). The van der Waals surface area contributed by atoms with Gasteiger partial charge in [0.25, 0.3) is 11.2 Å². The van der Waals surface area contributed by atoms with E-state index in [0.29, 0.717) is 26.4 Å². The minimum atomic E-state index is -0.410. The van der Waals surface area contributed by atoms with Gasteiger partial charge in [0.2, 0.25) is 0 Å². The maximum Gasteiger partial charge on any atom is 0.280 e. The molecule has 192 valence electrons. The summed E-state index contributed by atoms with van der Waals surface area (Å²) in [6.45, 7) is 1.81. The van der Waals surface area contributed by atoms with E-state index in [0.717, 1.165) is 34.5 Å². The molecule has 0 bridgehead atoms. The van der Waals surface area contributed by atoms with E-state index in [9.17, 15) is 14.9 Å². The number of thiazole rings is 1. The first-order chi connectivity index (χ1) is 19.0. The van der Waals surface area contributed by atoms with Crippen molar-refractivity contribution in [2.45, 2.75) is 25.8 Å². The molecule has 3 aromatic heterocycles. The van der Waals surface area contributed by atoms with E-state index >= 15 is 0 Å². The van der Waals surface area contributed by atoms with Gasteiger partial charge in [-0.25, -0.2) is 4.99 Å². The Morgan fingerprint density at radius 1 is 1.08 bits per heavy atom. The number of allylic oxidation sites excluding steroid dienone is 1. The number of furan rings is 1. The highest BCUT2D eigenvalue weighted by Crippen LogP contribution is 2.42. The van der Waals surface area contributed by atoms with Gasteiger partial charge in [-0.3, -0.25) is 19.5 Å². The molecule has 0 saturated heterocycles. The van der Waals surface area contributed by atoms with Gasteiger partial charge in [0, 0.05) is 22.6 Å². The summed E-state index contributed by atoms with van der Waals surface area (Å²) in [5, 5.41) is 13.7. The number of hydrogen-bond acceptors (Lipinski definition) is 7. The number of nitrogens with zero attached hydrogens (tertiary/aromatic N) is 3. The van der Waals surface area contributed by atoms with Gasteiger partial charge in [0.1, 0.15) is 11.5 Å². The van der Waals surface area contributed by atoms with Crippen LogP contribution in [0.15, 0.2) is 91.9 Å². The van der Waals surface area contributed by atoms with E-state index in [1.807, 2.05) is 35.1 Å². The Kier molecular flexibility index (Phi) is 5.57. The monoisotopic (exact) mass is 551 g/mol. The van der Waals surface area contributed by atoms with E-state index < -0.39 is 4.92 Å². The van der Waals surface area contributed by atoms with Crippen molar-refractivity contribution in [3.63, 3.8) is 0 Å². The number of aromatic nitrogens is 1. The second-order valence-electron chi connectivity index (χ2n) is 9.61. The summed E-state index contributed by atoms with van der Waals surface area (Å²) in [6.07, 6.45) is 3.46. The number of fused-ring (bicyclic) bond motifs is 3. The molecule has 0 saturated carbocycles. The quantitative estimate of drug-likeness (QED) is 0.207. The largest absolute Gasteiger partial charge is 0.456 e. The average molecular weight is 552 g/mol.